The Kier molecular flexibility index (Phi) is 4.31. The number of phenols is 1. The second kappa shape index (κ2) is 5.98. The first-order valence-corrected chi connectivity index (χ1v) is 6.12. The summed E-state index contributed by atoms with van der Waals surface area (Å²) in [5.74, 6) is -1.96. The van der Waals surface area contributed by atoms with Gasteiger partial charge in [0.15, 0.2) is 5.78 Å². The number of halogens is 1. The Bertz CT molecular complexity index is 535. The van der Waals surface area contributed by atoms with Gasteiger partial charge in [-0.25, -0.2) is 4.39 Å². The van der Waals surface area contributed by atoms with Crippen LogP contribution in [0.1, 0.15) is 10.4 Å². The van der Waals surface area contributed by atoms with Crippen molar-refractivity contribution in [1.82, 2.24) is 4.90 Å². The van der Waals surface area contributed by atoms with Crippen molar-refractivity contribution in [2.24, 2.45) is 5.73 Å². The van der Waals surface area contributed by atoms with Crippen molar-refractivity contribution in [2.75, 3.05) is 26.3 Å². The lowest BCUT2D eigenvalue weighted by molar-refractivity contribution is -0.128. The molecule has 7 heteroatoms. The second-order valence-electron chi connectivity index (χ2n) is 4.55. The topological polar surface area (TPSA) is 92.9 Å². The third-order valence-corrected chi connectivity index (χ3v) is 3.17. The molecule has 1 aliphatic heterocycles. The molecule has 1 aromatic carbocycles. The summed E-state index contributed by atoms with van der Waals surface area (Å²) in [6.45, 7) is 0.743. The lowest BCUT2D eigenvalue weighted by Gasteiger charge is -2.32. The molecular weight excluding hydrogens is 267 g/mol. The van der Waals surface area contributed by atoms with E-state index in [0.29, 0.717) is 13.2 Å². The number of carbonyl (C=O) groups excluding carboxylic acids is 2. The monoisotopic (exact) mass is 282 g/mol. The van der Waals surface area contributed by atoms with Crippen LogP contribution >= 0.6 is 0 Å². The molecule has 1 unspecified atom stereocenters. The number of rotatable bonds is 4. The number of morpholine rings is 1. The van der Waals surface area contributed by atoms with Gasteiger partial charge in [-0.15, -0.1) is 0 Å². The number of carbonyl (C=O) groups is 2. The van der Waals surface area contributed by atoms with Crippen LogP contribution in [0.2, 0.25) is 0 Å². The van der Waals surface area contributed by atoms with Gasteiger partial charge < -0.3 is 15.6 Å². The summed E-state index contributed by atoms with van der Waals surface area (Å²) in [5, 5.41) is 9.59. The van der Waals surface area contributed by atoms with E-state index in [1.807, 2.05) is 0 Å². The van der Waals surface area contributed by atoms with Crippen LogP contribution in [0, 0.1) is 5.82 Å². The smallest absolute Gasteiger partial charge is 0.237 e. The van der Waals surface area contributed by atoms with Crippen molar-refractivity contribution < 1.29 is 23.8 Å². The first kappa shape index (κ1) is 14.4. The Morgan fingerprint density at radius 3 is 2.95 bits per heavy atom. The van der Waals surface area contributed by atoms with E-state index >= 15 is 0 Å². The van der Waals surface area contributed by atoms with E-state index < -0.39 is 23.5 Å². The number of nitrogens with zero attached hydrogens (tertiary/aromatic N) is 1. The number of hydrogen-bond acceptors (Lipinski definition) is 5. The number of primary amides is 1. The standard InChI is InChI=1S/C13H15FN2O4/c14-8-1-2-11(17)9(5-8)12(18)6-16-3-4-20-7-10(16)13(15)19/h1-2,5,10,17H,3-4,6-7H2,(H2,15,19). The maximum Gasteiger partial charge on any atom is 0.237 e. The number of aromatic hydroxyl groups is 1. The summed E-state index contributed by atoms with van der Waals surface area (Å²) < 4.78 is 18.3. The van der Waals surface area contributed by atoms with E-state index in [-0.39, 0.29) is 24.5 Å². The van der Waals surface area contributed by atoms with Gasteiger partial charge in [0.25, 0.3) is 0 Å². The first-order chi connectivity index (χ1) is 9.49. The number of nitrogens with two attached hydrogens (primary N) is 1. The third-order valence-electron chi connectivity index (χ3n) is 3.17. The van der Waals surface area contributed by atoms with E-state index in [1.165, 1.54) is 0 Å². The summed E-state index contributed by atoms with van der Waals surface area (Å²) in [4.78, 5) is 24.9. The van der Waals surface area contributed by atoms with Crippen LogP contribution in [0.15, 0.2) is 18.2 Å². The Balaban J connectivity index is 2.13. The highest BCUT2D eigenvalue weighted by atomic mass is 19.1. The quantitative estimate of drug-likeness (QED) is 0.752. The van der Waals surface area contributed by atoms with Crippen molar-refractivity contribution in [3.05, 3.63) is 29.6 Å². The Morgan fingerprint density at radius 1 is 1.50 bits per heavy atom. The molecule has 1 atom stereocenters. The van der Waals surface area contributed by atoms with Gasteiger partial charge in [0.1, 0.15) is 17.6 Å². The van der Waals surface area contributed by atoms with E-state index in [0.717, 1.165) is 18.2 Å². The number of amides is 1. The maximum atomic E-state index is 13.1. The number of ether oxygens (including phenoxy) is 1. The molecule has 2 rings (SSSR count). The average Bonchev–Trinajstić information content (AvgIpc) is 2.41. The molecule has 0 radical (unpaired) electrons. The molecule has 1 saturated heterocycles. The second-order valence-corrected chi connectivity index (χ2v) is 4.55. The maximum absolute atomic E-state index is 13.1. The van der Waals surface area contributed by atoms with Gasteiger partial charge >= 0.3 is 0 Å². The van der Waals surface area contributed by atoms with E-state index in [4.69, 9.17) is 10.5 Å². The van der Waals surface area contributed by atoms with Crippen LogP contribution < -0.4 is 5.73 Å². The fraction of sp³-hybridized carbons (Fsp3) is 0.385. The molecule has 0 saturated carbocycles. The normalized spacial score (nSPS) is 19.8. The molecule has 108 valence electrons. The molecular formula is C13H15FN2O4. The zero-order valence-corrected chi connectivity index (χ0v) is 10.7. The van der Waals surface area contributed by atoms with Gasteiger partial charge in [-0.2, -0.15) is 0 Å². The van der Waals surface area contributed by atoms with Crippen LogP contribution in [0.4, 0.5) is 4.39 Å². The number of benzene rings is 1. The molecule has 1 aromatic rings. The summed E-state index contributed by atoms with van der Waals surface area (Å²) in [5.41, 5.74) is 5.13. The molecule has 20 heavy (non-hydrogen) atoms. The van der Waals surface area contributed by atoms with Crippen LogP contribution in [0.5, 0.6) is 5.75 Å². The van der Waals surface area contributed by atoms with Gasteiger partial charge in [-0.3, -0.25) is 14.5 Å². The molecule has 0 aliphatic carbocycles. The molecule has 3 N–H and O–H groups in total. The van der Waals surface area contributed by atoms with E-state index in [2.05, 4.69) is 0 Å². The minimum absolute atomic E-state index is 0.111. The van der Waals surface area contributed by atoms with Gasteiger partial charge in [0.2, 0.25) is 5.91 Å². The minimum atomic E-state index is -0.691. The number of phenolic OH excluding ortho intramolecular Hbond substituents is 1. The highest BCUT2D eigenvalue weighted by Gasteiger charge is 2.29. The highest BCUT2D eigenvalue weighted by molar-refractivity contribution is 6.00. The van der Waals surface area contributed by atoms with Gasteiger partial charge in [0, 0.05) is 6.54 Å². The number of hydrogen-bond donors (Lipinski definition) is 2. The van der Waals surface area contributed by atoms with E-state index in [1.54, 1.807) is 4.90 Å². The SMILES string of the molecule is NC(=O)C1COCCN1CC(=O)c1cc(F)ccc1O. The lowest BCUT2D eigenvalue weighted by Crippen LogP contribution is -2.53. The van der Waals surface area contributed by atoms with Gasteiger partial charge in [0.05, 0.1) is 25.3 Å². The molecule has 6 nitrogen and oxygen atoms in total. The van der Waals surface area contributed by atoms with Crippen LogP contribution in [0.25, 0.3) is 0 Å². The molecule has 1 heterocycles. The zero-order valence-electron chi connectivity index (χ0n) is 10.7. The largest absolute Gasteiger partial charge is 0.507 e. The third kappa shape index (κ3) is 3.12. The minimum Gasteiger partial charge on any atom is -0.507 e. The first-order valence-electron chi connectivity index (χ1n) is 6.12. The fourth-order valence-corrected chi connectivity index (χ4v) is 2.09. The van der Waals surface area contributed by atoms with Gasteiger partial charge in [-0.05, 0) is 18.2 Å². The predicted molar refractivity (Wildman–Crippen MR) is 67.8 cm³/mol. The van der Waals surface area contributed by atoms with Crippen molar-refractivity contribution in [3.8, 4) is 5.75 Å². The van der Waals surface area contributed by atoms with Crippen LogP contribution in [0.3, 0.4) is 0 Å². The molecule has 1 aliphatic rings. The van der Waals surface area contributed by atoms with Crippen molar-refractivity contribution in [1.29, 1.82) is 0 Å². The zero-order chi connectivity index (χ0) is 14.7. The molecule has 0 spiro atoms. The Morgan fingerprint density at radius 2 is 2.25 bits per heavy atom. The predicted octanol–water partition coefficient (Wildman–Crippen LogP) is -0.0999. The van der Waals surface area contributed by atoms with E-state index in [9.17, 15) is 19.1 Å². The van der Waals surface area contributed by atoms with Crippen molar-refractivity contribution >= 4 is 11.7 Å². The number of ketones is 1. The van der Waals surface area contributed by atoms with Gasteiger partial charge in [-0.1, -0.05) is 0 Å². The Hall–Kier alpha value is -1.99. The molecule has 1 fully saturated rings. The highest BCUT2D eigenvalue weighted by Crippen LogP contribution is 2.19. The summed E-state index contributed by atoms with van der Waals surface area (Å²) in [6, 6.07) is 2.46. The average molecular weight is 282 g/mol. The summed E-state index contributed by atoms with van der Waals surface area (Å²) in [6.07, 6.45) is 0. The molecule has 0 aromatic heterocycles. The van der Waals surface area contributed by atoms with Crippen molar-refractivity contribution in [3.63, 3.8) is 0 Å². The Labute approximate surface area is 114 Å². The fourth-order valence-electron chi connectivity index (χ4n) is 2.09. The summed E-state index contributed by atoms with van der Waals surface area (Å²) in [7, 11) is 0. The molecule has 1 amide bonds. The van der Waals surface area contributed by atoms with Crippen LogP contribution in [-0.4, -0.2) is 54.0 Å². The molecule has 0 bridgehead atoms. The van der Waals surface area contributed by atoms with Crippen molar-refractivity contribution in [2.45, 2.75) is 6.04 Å². The lowest BCUT2D eigenvalue weighted by atomic mass is 10.1. The van der Waals surface area contributed by atoms with Crippen LogP contribution in [-0.2, 0) is 9.53 Å². The number of Topliss-reactive ketones (excluding diaryl/α,β-unsaturated/α-hetero) is 1. The summed E-state index contributed by atoms with van der Waals surface area (Å²) >= 11 is 0.